The first-order valence-corrected chi connectivity index (χ1v) is 12.4. The van der Waals surface area contributed by atoms with Gasteiger partial charge in [-0.2, -0.15) is 0 Å². The number of ether oxygens (including phenoxy) is 1. The molecule has 0 aliphatic heterocycles. The van der Waals surface area contributed by atoms with Gasteiger partial charge in [0.05, 0.1) is 5.41 Å². The van der Waals surface area contributed by atoms with E-state index in [9.17, 15) is 19.5 Å². The van der Waals surface area contributed by atoms with Crippen LogP contribution < -0.4 is 10.6 Å². The molecule has 0 saturated heterocycles. The molecule has 0 aromatic heterocycles. The Morgan fingerprint density at radius 1 is 1.00 bits per heavy atom. The maximum atomic E-state index is 12.9. The van der Waals surface area contributed by atoms with Crippen molar-refractivity contribution in [2.75, 3.05) is 13.2 Å². The predicted molar refractivity (Wildman–Crippen MR) is 133 cm³/mol. The van der Waals surface area contributed by atoms with Gasteiger partial charge in [0.2, 0.25) is 5.91 Å². The number of carboxylic acid groups (broad SMARTS) is 1. The number of fused-ring (bicyclic) bond motifs is 3. The number of hydrogen-bond acceptors (Lipinski definition) is 4. The average Bonchev–Trinajstić information content (AvgIpc) is 3.44. The highest BCUT2D eigenvalue weighted by molar-refractivity contribution is 5.86. The second-order valence-corrected chi connectivity index (χ2v) is 10.2. The van der Waals surface area contributed by atoms with E-state index < -0.39 is 23.5 Å². The smallest absolute Gasteiger partial charge is 0.407 e. The first-order chi connectivity index (χ1) is 16.8. The number of carbonyl (C=O) groups is 3. The van der Waals surface area contributed by atoms with E-state index in [1.165, 1.54) is 0 Å². The SMILES string of the molecule is CC(C)C[C@@H](NC(=O)OCC1c2ccccc2-c2ccccc21)C(=O)NCC1(C(=O)O)CCCC1. The third-order valence-electron chi connectivity index (χ3n) is 7.27. The van der Waals surface area contributed by atoms with Crippen LogP contribution in [0.5, 0.6) is 0 Å². The first kappa shape index (κ1) is 24.8. The van der Waals surface area contributed by atoms with Crippen molar-refractivity contribution in [3.63, 3.8) is 0 Å². The molecule has 7 heteroatoms. The molecule has 2 aliphatic carbocycles. The lowest BCUT2D eigenvalue weighted by molar-refractivity contribution is -0.148. The van der Waals surface area contributed by atoms with Crippen LogP contribution in [0.3, 0.4) is 0 Å². The van der Waals surface area contributed by atoms with E-state index >= 15 is 0 Å². The molecule has 186 valence electrons. The van der Waals surface area contributed by atoms with Crippen LogP contribution in [-0.4, -0.2) is 42.3 Å². The Morgan fingerprint density at radius 3 is 2.11 bits per heavy atom. The molecule has 0 bridgehead atoms. The van der Waals surface area contributed by atoms with E-state index in [0.29, 0.717) is 19.3 Å². The van der Waals surface area contributed by atoms with Crippen molar-refractivity contribution in [3.05, 3.63) is 59.7 Å². The van der Waals surface area contributed by atoms with E-state index in [2.05, 4.69) is 34.9 Å². The second kappa shape index (κ2) is 10.5. The van der Waals surface area contributed by atoms with Gasteiger partial charge in [-0.05, 0) is 47.4 Å². The van der Waals surface area contributed by atoms with Gasteiger partial charge in [0.15, 0.2) is 0 Å². The van der Waals surface area contributed by atoms with Gasteiger partial charge >= 0.3 is 12.1 Å². The van der Waals surface area contributed by atoms with Crippen LogP contribution in [0.25, 0.3) is 11.1 Å². The minimum absolute atomic E-state index is 0.0664. The molecule has 2 aromatic carbocycles. The maximum Gasteiger partial charge on any atom is 0.407 e. The highest BCUT2D eigenvalue weighted by atomic mass is 16.5. The van der Waals surface area contributed by atoms with Gasteiger partial charge in [-0.15, -0.1) is 0 Å². The Morgan fingerprint density at radius 2 is 1.57 bits per heavy atom. The molecule has 1 fully saturated rings. The number of carboxylic acids is 1. The molecule has 35 heavy (non-hydrogen) atoms. The summed E-state index contributed by atoms with van der Waals surface area (Å²) in [5, 5.41) is 15.2. The zero-order valence-corrected chi connectivity index (χ0v) is 20.4. The number of rotatable bonds is 9. The quantitative estimate of drug-likeness (QED) is 0.485. The number of benzene rings is 2. The monoisotopic (exact) mass is 478 g/mol. The minimum atomic E-state index is -0.915. The van der Waals surface area contributed by atoms with Crippen molar-refractivity contribution in [2.45, 2.75) is 57.9 Å². The number of nitrogens with one attached hydrogen (secondary N) is 2. The van der Waals surface area contributed by atoms with Gasteiger partial charge in [0.25, 0.3) is 0 Å². The number of aliphatic carboxylic acids is 1. The molecule has 2 amide bonds. The zero-order valence-electron chi connectivity index (χ0n) is 20.4. The van der Waals surface area contributed by atoms with E-state index in [0.717, 1.165) is 35.1 Å². The molecule has 3 N–H and O–H groups in total. The molecular weight excluding hydrogens is 444 g/mol. The topological polar surface area (TPSA) is 105 Å². The van der Waals surface area contributed by atoms with Crippen LogP contribution in [0.4, 0.5) is 4.79 Å². The Labute approximate surface area is 206 Å². The van der Waals surface area contributed by atoms with Gasteiger partial charge in [-0.25, -0.2) is 4.79 Å². The second-order valence-electron chi connectivity index (χ2n) is 10.2. The highest BCUT2D eigenvalue weighted by Gasteiger charge is 2.42. The van der Waals surface area contributed by atoms with E-state index in [1.54, 1.807) is 0 Å². The third-order valence-corrected chi connectivity index (χ3v) is 7.27. The molecule has 4 rings (SSSR count). The van der Waals surface area contributed by atoms with Crippen LogP contribution in [0.2, 0.25) is 0 Å². The minimum Gasteiger partial charge on any atom is -0.481 e. The molecule has 0 heterocycles. The van der Waals surface area contributed by atoms with Gasteiger partial charge < -0.3 is 20.5 Å². The maximum absolute atomic E-state index is 12.9. The van der Waals surface area contributed by atoms with Crippen LogP contribution in [-0.2, 0) is 14.3 Å². The number of alkyl carbamates (subject to hydrolysis) is 1. The summed E-state index contributed by atoms with van der Waals surface area (Å²) in [6.45, 7) is 4.17. The molecule has 0 spiro atoms. The van der Waals surface area contributed by atoms with Gasteiger partial charge in [-0.3, -0.25) is 9.59 Å². The molecule has 0 radical (unpaired) electrons. The summed E-state index contributed by atoms with van der Waals surface area (Å²) >= 11 is 0. The lowest BCUT2D eigenvalue weighted by Crippen LogP contribution is -2.51. The normalized spacial score (nSPS) is 16.9. The summed E-state index contributed by atoms with van der Waals surface area (Å²) in [7, 11) is 0. The Kier molecular flexibility index (Phi) is 7.43. The van der Waals surface area contributed by atoms with Crippen molar-refractivity contribution in [3.8, 4) is 11.1 Å². The molecule has 1 atom stereocenters. The Hall–Kier alpha value is -3.35. The average molecular weight is 479 g/mol. The van der Waals surface area contributed by atoms with Crippen molar-refractivity contribution in [2.24, 2.45) is 11.3 Å². The highest BCUT2D eigenvalue weighted by Crippen LogP contribution is 2.44. The standard InChI is InChI=1S/C28H34N2O5/c1-18(2)15-24(25(31)29-17-28(26(32)33)13-7-8-14-28)30-27(34)35-16-23-21-11-5-3-9-19(21)20-10-4-6-12-22(20)23/h3-6,9-12,18,23-24H,7-8,13-17H2,1-2H3,(H,29,31)(H,30,34)(H,32,33)/t24-/m1/s1. The van der Waals surface area contributed by atoms with Crippen molar-refractivity contribution in [1.29, 1.82) is 0 Å². The van der Waals surface area contributed by atoms with E-state index in [1.807, 2.05) is 38.1 Å². The van der Waals surface area contributed by atoms with Crippen molar-refractivity contribution >= 4 is 18.0 Å². The van der Waals surface area contributed by atoms with Crippen LogP contribution in [0.1, 0.15) is 63.0 Å². The third kappa shape index (κ3) is 5.34. The predicted octanol–water partition coefficient (Wildman–Crippen LogP) is 4.70. The number of hydrogen-bond donors (Lipinski definition) is 3. The summed E-state index contributed by atoms with van der Waals surface area (Å²) in [5.41, 5.74) is 3.62. The molecule has 2 aromatic rings. The molecular formula is C28H34N2O5. The molecule has 7 nitrogen and oxygen atoms in total. The first-order valence-electron chi connectivity index (χ1n) is 12.4. The van der Waals surface area contributed by atoms with Crippen LogP contribution in [0.15, 0.2) is 48.5 Å². The molecule has 1 saturated carbocycles. The summed E-state index contributed by atoms with van der Waals surface area (Å²) in [5.74, 6) is -1.16. The van der Waals surface area contributed by atoms with E-state index in [-0.39, 0.29) is 30.9 Å². The van der Waals surface area contributed by atoms with Crippen molar-refractivity contribution < 1.29 is 24.2 Å². The van der Waals surface area contributed by atoms with E-state index in [4.69, 9.17) is 4.74 Å². The van der Waals surface area contributed by atoms with Gasteiger partial charge in [0, 0.05) is 12.5 Å². The lowest BCUT2D eigenvalue weighted by Gasteiger charge is -2.26. The number of amides is 2. The van der Waals surface area contributed by atoms with Crippen molar-refractivity contribution in [1.82, 2.24) is 10.6 Å². The zero-order chi connectivity index (χ0) is 25.0. The lowest BCUT2D eigenvalue weighted by atomic mass is 9.86. The fourth-order valence-electron chi connectivity index (χ4n) is 5.38. The Bertz CT molecular complexity index is 1040. The van der Waals surface area contributed by atoms with Crippen LogP contribution >= 0.6 is 0 Å². The van der Waals surface area contributed by atoms with Gasteiger partial charge in [-0.1, -0.05) is 75.2 Å². The summed E-state index contributed by atoms with van der Waals surface area (Å²) in [4.78, 5) is 37.5. The molecule has 0 unspecified atom stereocenters. The summed E-state index contributed by atoms with van der Waals surface area (Å²) in [6.07, 6.45) is 2.57. The van der Waals surface area contributed by atoms with Crippen LogP contribution in [0, 0.1) is 11.3 Å². The summed E-state index contributed by atoms with van der Waals surface area (Å²) in [6, 6.07) is 15.4. The molecule has 2 aliphatic rings. The number of carbonyl (C=O) groups excluding carboxylic acids is 2. The fraction of sp³-hybridized carbons (Fsp3) is 0.464. The summed E-state index contributed by atoms with van der Waals surface area (Å²) < 4.78 is 5.61. The Balaban J connectivity index is 1.38. The van der Waals surface area contributed by atoms with Gasteiger partial charge in [0.1, 0.15) is 12.6 Å². The fourth-order valence-corrected chi connectivity index (χ4v) is 5.38. The largest absolute Gasteiger partial charge is 0.481 e.